The van der Waals surface area contributed by atoms with Crippen LogP contribution >= 0.6 is 0 Å². The second-order valence-corrected chi connectivity index (χ2v) is 10.1. The monoisotopic (exact) mass is 514 g/mol. The van der Waals surface area contributed by atoms with Crippen LogP contribution in [0.4, 0.5) is 9.59 Å². The molecule has 0 aliphatic carbocycles. The number of unbranched alkanes of at least 4 members (excludes halogenated alkanes) is 11. The van der Waals surface area contributed by atoms with Crippen molar-refractivity contribution in [2.45, 2.75) is 117 Å². The molecule has 0 aromatic rings. The predicted molar refractivity (Wildman–Crippen MR) is 140 cm³/mol. The molecule has 0 bridgehead atoms. The van der Waals surface area contributed by atoms with Crippen LogP contribution in [0.25, 0.3) is 0 Å². The molecule has 0 radical (unpaired) electrons. The normalized spacial score (nSPS) is 12.9. The fourth-order valence-corrected chi connectivity index (χ4v) is 4.04. The van der Waals surface area contributed by atoms with Gasteiger partial charge in [0.15, 0.2) is 0 Å². The van der Waals surface area contributed by atoms with Gasteiger partial charge in [-0.05, 0) is 37.8 Å². The highest BCUT2D eigenvalue weighted by molar-refractivity contribution is 5.87. The highest BCUT2D eigenvalue weighted by atomic mass is 16.6. The molecule has 10 nitrogen and oxygen atoms in total. The van der Waals surface area contributed by atoms with Crippen molar-refractivity contribution in [3.8, 4) is 0 Å². The Kier molecular flexibility index (Phi) is 19.7. The molecule has 0 heterocycles. The van der Waals surface area contributed by atoms with E-state index in [2.05, 4.69) is 20.1 Å². The van der Waals surface area contributed by atoms with Crippen molar-refractivity contribution in [3.63, 3.8) is 0 Å². The molecule has 0 aromatic heterocycles. The Morgan fingerprint density at radius 1 is 0.528 bits per heavy atom. The van der Waals surface area contributed by atoms with Crippen LogP contribution in [-0.4, -0.2) is 49.3 Å². The molecule has 0 saturated carbocycles. The number of nitrogens with two attached hydrogens (primary N) is 2. The number of hydrogen-bond donors (Lipinski definition) is 4. The number of esters is 2. The minimum atomic E-state index is -1.07. The van der Waals surface area contributed by atoms with Crippen molar-refractivity contribution in [2.75, 3.05) is 13.1 Å². The largest absolute Gasteiger partial charge is 0.412 e. The molecular weight excluding hydrogens is 464 g/mol. The van der Waals surface area contributed by atoms with Crippen LogP contribution in [0.2, 0.25) is 0 Å². The summed E-state index contributed by atoms with van der Waals surface area (Å²) in [6.07, 6.45) is 11.8. The van der Waals surface area contributed by atoms with E-state index in [0.717, 1.165) is 25.7 Å². The van der Waals surface area contributed by atoms with Crippen LogP contribution in [0.5, 0.6) is 0 Å². The third-order valence-electron chi connectivity index (χ3n) is 6.08. The molecule has 0 saturated heterocycles. The van der Waals surface area contributed by atoms with Crippen molar-refractivity contribution in [2.24, 2.45) is 23.3 Å². The number of rotatable bonds is 21. The first kappa shape index (κ1) is 33.8. The van der Waals surface area contributed by atoms with Crippen LogP contribution in [0.15, 0.2) is 0 Å². The first-order valence-electron chi connectivity index (χ1n) is 13.5. The number of carbonyl (C=O) groups excluding carboxylic acids is 4. The van der Waals surface area contributed by atoms with Gasteiger partial charge in [0, 0.05) is 0 Å². The van der Waals surface area contributed by atoms with Gasteiger partial charge in [0.2, 0.25) is 0 Å². The fourth-order valence-electron chi connectivity index (χ4n) is 4.04. The van der Waals surface area contributed by atoms with Crippen molar-refractivity contribution < 1.29 is 28.7 Å². The van der Waals surface area contributed by atoms with Gasteiger partial charge in [0.05, 0.1) is 0 Å². The van der Waals surface area contributed by atoms with E-state index >= 15 is 0 Å². The van der Waals surface area contributed by atoms with Crippen molar-refractivity contribution in [1.82, 2.24) is 10.6 Å². The Morgan fingerprint density at radius 3 is 1.00 bits per heavy atom. The lowest BCUT2D eigenvalue weighted by atomic mass is 10.0. The Morgan fingerprint density at radius 2 is 0.778 bits per heavy atom. The van der Waals surface area contributed by atoms with Crippen LogP contribution in [0.3, 0.4) is 0 Å². The van der Waals surface area contributed by atoms with Gasteiger partial charge in [-0.25, -0.2) is 19.2 Å². The predicted octanol–water partition coefficient (Wildman–Crippen LogP) is 4.14. The summed E-state index contributed by atoms with van der Waals surface area (Å²) in [7, 11) is 0. The second kappa shape index (κ2) is 20.9. The highest BCUT2D eigenvalue weighted by Crippen LogP contribution is 2.12. The average Bonchev–Trinajstić information content (AvgIpc) is 2.76. The summed E-state index contributed by atoms with van der Waals surface area (Å²) < 4.78 is 8.98. The first-order valence-corrected chi connectivity index (χ1v) is 13.5. The Bertz CT molecular complexity index is 588. The maximum absolute atomic E-state index is 11.9. The van der Waals surface area contributed by atoms with Gasteiger partial charge in [0.1, 0.15) is 12.1 Å². The number of primary amides is 2. The zero-order valence-electron chi connectivity index (χ0n) is 22.8. The minimum absolute atomic E-state index is 0.0195. The summed E-state index contributed by atoms with van der Waals surface area (Å²) in [5.74, 6) is -1.19. The highest BCUT2D eigenvalue weighted by Gasteiger charge is 2.25. The molecule has 36 heavy (non-hydrogen) atoms. The average molecular weight is 515 g/mol. The molecule has 6 N–H and O–H groups in total. The summed E-state index contributed by atoms with van der Waals surface area (Å²) >= 11 is 0. The first-order chi connectivity index (χ1) is 17.1. The fraction of sp³-hybridized carbons (Fsp3) is 0.846. The molecule has 0 rings (SSSR count). The van der Waals surface area contributed by atoms with Gasteiger partial charge in [-0.15, -0.1) is 0 Å². The van der Waals surface area contributed by atoms with E-state index in [4.69, 9.17) is 11.5 Å². The van der Waals surface area contributed by atoms with E-state index in [9.17, 15) is 19.2 Å². The zero-order chi connectivity index (χ0) is 27.3. The molecule has 2 amide bonds. The van der Waals surface area contributed by atoms with E-state index in [-0.39, 0.29) is 11.8 Å². The van der Waals surface area contributed by atoms with E-state index in [1.165, 1.54) is 51.4 Å². The standard InChI is InChI=1S/C26H50N4O6/c1-19(2)21(23(31)35-25(27)33)29-17-15-13-11-9-7-5-6-8-10-12-14-16-18-30-22(20(3)4)24(32)36-26(28)34/h19-22,29-30H,5-18H2,1-4H3,(H2,27,33)(H2,28,34). The third-order valence-corrected chi connectivity index (χ3v) is 6.08. The van der Waals surface area contributed by atoms with E-state index < -0.39 is 36.2 Å². The van der Waals surface area contributed by atoms with E-state index in [1.807, 2.05) is 27.7 Å². The summed E-state index contributed by atoms with van der Waals surface area (Å²) in [6, 6.07) is -1.03. The van der Waals surface area contributed by atoms with Crippen LogP contribution in [0.1, 0.15) is 105 Å². The van der Waals surface area contributed by atoms with Crippen molar-refractivity contribution in [1.29, 1.82) is 0 Å². The third kappa shape index (κ3) is 18.1. The summed E-state index contributed by atoms with van der Waals surface area (Å²) in [6.45, 7) is 9.01. The number of nitrogens with one attached hydrogen (secondary N) is 2. The quantitative estimate of drug-likeness (QED) is 0.101. The van der Waals surface area contributed by atoms with E-state index in [1.54, 1.807) is 0 Å². The summed E-state index contributed by atoms with van der Waals surface area (Å²) in [5.41, 5.74) is 9.84. The second-order valence-electron chi connectivity index (χ2n) is 10.1. The van der Waals surface area contributed by atoms with Gasteiger partial charge in [0.25, 0.3) is 0 Å². The lowest BCUT2D eigenvalue weighted by molar-refractivity contribution is -0.141. The SMILES string of the molecule is CC(C)C(NCCCCCCCCCCCCCCNC(C(=O)OC(N)=O)C(C)C)C(=O)OC(N)=O. The number of ether oxygens (including phenoxy) is 2. The minimum Gasteiger partial charge on any atom is -0.375 e. The molecule has 2 unspecified atom stereocenters. The van der Waals surface area contributed by atoms with Gasteiger partial charge in [-0.2, -0.15) is 0 Å². The number of amides is 2. The molecule has 10 heteroatoms. The van der Waals surface area contributed by atoms with Gasteiger partial charge in [-0.3, -0.25) is 0 Å². The summed E-state index contributed by atoms with van der Waals surface area (Å²) in [5, 5.41) is 6.33. The van der Waals surface area contributed by atoms with Gasteiger partial charge < -0.3 is 31.6 Å². The lowest BCUT2D eigenvalue weighted by Gasteiger charge is -2.19. The van der Waals surface area contributed by atoms with Crippen LogP contribution in [-0.2, 0) is 19.1 Å². The maximum Gasteiger partial charge on any atom is 0.412 e. The zero-order valence-corrected chi connectivity index (χ0v) is 22.8. The Hall–Kier alpha value is -2.20. The Balaban J connectivity index is 3.61. The lowest BCUT2D eigenvalue weighted by Crippen LogP contribution is -2.43. The Labute approximate surface area is 217 Å². The maximum atomic E-state index is 11.9. The van der Waals surface area contributed by atoms with Gasteiger partial charge >= 0.3 is 24.1 Å². The molecule has 210 valence electrons. The van der Waals surface area contributed by atoms with E-state index in [0.29, 0.717) is 13.1 Å². The molecule has 0 aromatic carbocycles. The van der Waals surface area contributed by atoms with Crippen LogP contribution < -0.4 is 22.1 Å². The number of carbonyl (C=O) groups is 4. The smallest absolute Gasteiger partial charge is 0.375 e. The molecule has 0 spiro atoms. The van der Waals surface area contributed by atoms with Crippen LogP contribution in [0, 0.1) is 11.8 Å². The molecular formula is C26H50N4O6. The molecule has 0 aliphatic rings. The molecule has 0 aliphatic heterocycles. The van der Waals surface area contributed by atoms with Gasteiger partial charge in [-0.1, -0.05) is 91.9 Å². The topological polar surface area (TPSA) is 163 Å². The van der Waals surface area contributed by atoms with Crippen molar-refractivity contribution >= 4 is 24.1 Å². The molecule has 0 fully saturated rings. The molecule has 2 atom stereocenters. The summed E-state index contributed by atoms with van der Waals surface area (Å²) in [4.78, 5) is 45.2. The number of hydrogen-bond acceptors (Lipinski definition) is 8. The van der Waals surface area contributed by atoms with Crippen molar-refractivity contribution in [3.05, 3.63) is 0 Å².